The van der Waals surface area contributed by atoms with Crippen molar-refractivity contribution in [3.05, 3.63) is 59.1 Å². The summed E-state index contributed by atoms with van der Waals surface area (Å²) in [7, 11) is 0. The Kier molecular flexibility index (Phi) is 2.76. The summed E-state index contributed by atoms with van der Waals surface area (Å²) in [6.07, 6.45) is 3.93. The van der Waals surface area contributed by atoms with Gasteiger partial charge in [0.15, 0.2) is 0 Å². The van der Waals surface area contributed by atoms with E-state index in [1.165, 1.54) is 0 Å². The number of imidazole rings is 1. The zero-order valence-electron chi connectivity index (χ0n) is 9.62. The lowest BCUT2D eigenvalue weighted by molar-refractivity contribution is -0.674. The van der Waals surface area contributed by atoms with Gasteiger partial charge in [-0.25, -0.2) is 9.55 Å². The summed E-state index contributed by atoms with van der Waals surface area (Å²) in [5.74, 6) is 0.724. The van der Waals surface area contributed by atoms with Crippen LogP contribution in [-0.2, 0) is 6.54 Å². The molecule has 0 amide bonds. The molecule has 90 valence electrons. The van der Waals surface area contributed by atoms with Crippen molar-refractivity contribution in [3.8, 4) is 0 Å². The number of pyridine rings is 2. The number of hydrogen-bond donors (Lipinski definition) is 1. The van der Waals surface area contributed by atoms with E-state index >= 15 is 0 Å². The van der Waals surface area contributed by atoms with E-state index < -0.39 is 0 Å². The predicted octanol–water partition coefficient (Wildman–Crippen LogP) is 2.01. The third kappa shape index (κ3) is 1.86. The number of aromatic nitrogens is 3. The normalized spacial score (nSPS) is 10.9. The van der Waals surface area contributed by atoms with Gasteiger partial charge in [-0.1, -0.05) is 12.1 Å². The Bertz CT molecular complexity index is 705. The van der Waals surface area contributed by atoms with Gasteiger partial charge in [-0.3, -0.25) is 10.1 Å². The van der Waals surface area contributed by atoms with E-state index in [4.69, 9.17) is 5.73 Å². The van der Waals surface area contributed by atoms with Crippen molar-refractivity contribution in [2.24, 2.45) is 0 Å². The number of halogens is 1. The first-order chi connectivity index (χ1) is 8.75. The molecule has 3 aromatic heterocycles. The van der Waals surface area contributed by atoms with Gasteiger partial charge in [0.05, 0.1) is 6.20 Å². The second-order valence-corrected chi connectivity index (χ2v) is 4.78. The molecule has 0 fully saturated rings. The third-order valence-corrected chi connectivity index (χ3v) is 3.67. The summed E-state index contributed by atoms with van der Waals surface area (Å²) < 4.78 is 4.94. The van der Waals surface area contributed by atoms with Gasteiger partial charge in [0.1, 0.15) is 22.5 Å². The molecule has 0 radical (unpaired) electrons. The van der Waals surface area contributed by atoms with Gasteiger partial charge < -0.3 is 0 Å². The minimum absolute atomic E-state index is 0.648. The van der Waals surface area contributed by atoms with E-state index in [0.29, 0.717) is 6.54 Å². The Labute approximate surface area is 113 Å². The molecule has 3 aromatic rings. The number of fused-ring (bicyclic) bond motifs is 1. The average molecular weight is 304 g/mol. The monoisotopic (exact) mass is 303 g/mol. The summed E-state index contributed by atoms with van der Waals surface area (Å²) in [5, 5.41) is 0. The van der Waals surface area contributed by atoms with Crippen molar-refractivity contribution < 1.29 is 4.57 Å². The first-order valence-corrected chi connectivity index (χ1v) is 6.40. The fourth-order valence-electron chi connectivity index (χ4n) is 1.91. The van der Waals surface area contributed by atoms with E-state index in [-0.39, 0.29) is 0 Å². The van der Waals surface area contributed by atoms with Gasteiger partial charge in [0, 0.05) is 12.3 Å². The summed E-state index contributed by atoms with van der Waals surface area (Å²) >= 11 is 3.58. The number of nitrogen functional groups attached to an aromatic ring is 1. The Balaban J connectivity index is 2.06. The molecule has 0 aliphatic carbocycles. The lowest BCUT2D eigenvalue weighted by atomic mass is 10.4. The number of anilines is 1. The van der Waals surface area contributed by atoms with Gasteiger partial charge in [0.25, 0.3) is 5.82 Å². The number of nitrogens with two attached hydrogens (primary N) is 1. The molecule has 0 saturated carbocycles. The third-order valence-electron chi connectivity index (χ3n) is 2.83. The highest BCUT2D eigenvalue weighted by Gasteiger charge is 2.12. The lowest BCUT2D eigenvalue weighted by Crippen LogP contribution is -2.37. The van der Waals surface area contributed by atoms with Gasteiger partial charge in [-0.2, -0.15) is 0 Å². The van der Waals surface area contributed by atoms with Crippen LogP contribution in [0.4, 0.5) is 5.82 Å². The fourth-order valence-corrected chi connectivity index (χ4v) is 2.42. The molecular weight excluding hydrogens is 292 g/mol. The molecule has 4 nitrogen and oxygen atoms in total. The van der Waals surface area contributed by atoms with Crippen LogP contribution in [0.3, 0.4) is 0 Å². The van der Waals surface area contributed by atoms with Crippen molar-refractivity contribution in [2.75, 3.05) is 5.73 Å². The number of rotatable bonds is 2. The van der Waals surface area contributed by atoms with E-state index in [0.717, 1.165) is 21.8 Å². The second-order valence-electron chi connectivity index (χ2n) is 4.03. The Morgan fingerprint density at radius 1 is 1.22 bits per heavy atom. The van der Waals surface area contributed by atoms with Crippen LogP contribution in [0.5, 0.6) is 0 Å². The molecule has 3 heterocycles. The van der Waals surface area contributed by atoms with Crippen molar-refractivity contribution in [1.82, 2.24) is 9.38 Å². The summed E-state index contributed by atoms with van der Waals surface area (Å²) in [6.45, 7) is 0.648. The van der Waals surface area contributed by atoms with Gasteiger partial charge in [0.2, 0.25) is 0 Å². The minimum Gasteiger partial charge on any atom is -0.294 e. The van der Waals surface area contributed by atoms with Crippen LogP contribution >= 0.6 is 15.9 Å². The zero-order chi connectivity index (χ0) is 12.5. The quantitative estimate of drug-likeness (QED) is 0.736. The molecule has 18 heavy (non-hydrogen) atoms. The zero-order valence-corrected chi connectivity index (χ0v) is 11.2. The van der Waals surface area contributed by atoms with Crippen LogP contribution in [0, 0.1) is 0 Å². The summed E-state index contributed by atoms with van der Waals surface area (Å²) in [5.41, 5.74) is 7.81. The van der Waals surface area contributed by atoms with Crippen molar-refractivity contribution in [2.45, 2.75) is 6.54 Å². The molecule has 5 heteroatoms. The average Bonchev–Trinajstić information content (AvgIpc) is 2.70. The van der Waals surface area contributed by atoms with Crippen molar-refractivity contribution in [3.63, 3.8) is 0 Å². The summed E-state index contributed by atoms with van der Waals surface area (Å²) in [4.78, 5) is 4.59. The maximum Gasteiger partial charge on any atom is 0.272 e. The molecule has 0 aliphatic rings. The molecule has 0 saturated heterocycles. The standard InChI is InChI=1S/C13H11BrN4/c14-13-10(9-17-7-3-1-5-11(17)15)16-12-6-2-4-8-18(12)13/h1-8,15H,9H2/p+1. The maximum atomic E-state index is 5.93. The van der Waals surface area contributed by atoms with E-state index in [1.807, 2.05) is 57.8 Å². The van der Waals surface area contributed by atoms with E-state index in [9.17, 15) is 0 Å². The minimum atomic E-state index is 0.648. The second kappa shape index (κ2) is 4.42. The summed E-state index contributed by atoms with van der Waals surface area (Å²) in [6, 6.07) is 11.7. The molecule has 0 bridgehead atoms. The molecule has 0 spiro atoms. The van der Waals surface area contributed by atoms with Crippen LogP contribution in [0.25, 0.3) is 5.65 Å². The smallest absolute Gasteiger partial charge is 0.272 e. The van der Waals surface area contributed by atoms with Crippen LogP contribution in [0.2, 0.25) is 0 Å². The van der Waals surface area contributed by atoms with Crippen LogP contribution in [0.1, 0.15) is 5.69 Å². The lowest BCUT2D eigenvalue weighted by Gasteiger charge is -2.00. The van der Waals surface area contributed by atoms with Crippen LogP contribution < -0.4 is 10.3 Å². The molecule has 3 rings (SSSR count). The molecule has 0 unspecified atom stereocenters. The van der Waals surface area contributed by atoms with Gasteiger partial charge >= 0.3 is 0 Å². The fraction of sp³-hybridized carbons (Fsp3) is 0.0769. The number of nitrogens with zero attached hydrogens (tertiary/aromatic N) is 3. The maximum absolute atomic E-state index is 5.93. The van der Waals surface area contributed by atoms with E-state index in [2.05, 4.69) is 20.9 Å². The highest BCUT2D eigenvalue weighted by molar-refractivity contribution is 9.10. The Morgan fingerprint density at radius 3 is 2.83 bits per heavy atom. The highest BCUT2D eigenvalue weighted by Crippen LogP contribution is 2.18. The molecule has 2 N–H and O–H groups in total. The molecular formula is C13H12BrN4+. The van der Waals surface area contributed by atoms with Crippen molar-refractivity contribution in [1.29, 1.82) is 0 Å². The van der Waals surface area contributed by atoms with Gasteiger partial charge in [-0.05, 0) is 34.1 Å². The van der Waals surface area contributed by atoms with Gasteiger partial charge in [-0.15, -0.1) is 0 Å². The highest BCUT2D eigenvalue weighted by atomic mass is 79.9. The first-order valence-electron chi connectivity index (χ1n) is 5.61. The molecule has 0 atom stereocenters. The Morgan fingerprint density at radius 2 is 2.06 bits per heavy atom. The molecule has 0 aliphatic heterocycles. The van der Waals surface area contributed by atoms with Crippen molar-refractivity contribution >= 4 is 27.4 Å². The van der Waals surface area contributed by atoms with E-state index in [1.54, 1.807) is 0 Å². The SMILES string of the molecule is Nc1cccc[n+]1Cc1nc2ccccn2c1Br. The predicted molar refractivity (Wildman–Crippen MR) is 73.0 cm³/mol. The topological polar surface area (TPSA) is 47.2 Å². The Hall–Kier alpha value is -1.88. The first kappa shape index (κ1) is 11.2. The number of hydrogen-bond acceptors (Lipinski definition) is 2. The van der Waals surface area contributed by atoms with Crippen LogP contribution in [-0.4, -0.2) is 9.38 Å². The van der Waals surface area contributed by atoms with Crippen LogP contribution in [0.15, 0.2) is 53.4 Å². The largest absolute Gasteiger partial charge is 0.294 e. The molecule has 0 aromatic carbocycles.